The van der Waals surface area contributed by atoms with Crippen molar-refractivity contribution < 1.29 is 24.2 Å². The van der Waals surface area contributed by atoms with E-state index in [1.54, 1.807) is 17.0 Å². The lowest BCUT2D eigenvalue weighted by Crippen LogP contribution is -2.52. The van der Waals surface area contributed by atoms with E-state index in [9.17, 15) is 19.5 Å². The van der Waals surface area contributed by atoms with Crippen molar-refractivity contribution in [2.45, 2.75) is 51.6 Å². The topological polar surface area (TPSA) is 112 Å². The van der Waals surface area contributed by atoms with Crippen LogP contribution in [0.15, 0.2) is 121 Å². The summed E-state index contributed by atoms with van der Waals surface area (Å²) >= 11 is 0. The Kier molecular flexibility index (Phi) is 9.57. The van der Waals surface area contributed by atoms with Crippen molar-refractivity contribution >= 4 is 39.8 Å². The van der Waals surface area contributed by atoms with Crippen LogP contribution in [0.4, 0.5) is 0 Å². The molecule has 270 valence electrons. The molecule has 1 fully saturated rings. The van der Waals surface area contributed by atoms with Crippen LogP contribution in [0.3, 0.4) is 0 Å². The Bertz CT molecular complexity index is 2390. The molecule has 3 N–H and O–H groups in total. The van der Waals surface area contributed by atoms with Crippen LogP contribution in [-0.4, -0.2) is 45.4 Å². The highest BCUT2D eigenvalue weighted by Gasteiger charge is 2.39. The van der Waals surface area contributed by atoms with Gasteiger partial charge in [-0.1, -0.05) is 73.7 Å². The summed E-state index contributed by atoms with van der Waals surface area (Å²) < 4.78 is 6.18. The van der Waals surface area contributed by atoms with Gasteiger partial charge in [-0.05, 0) is 125 Å². The number of fused-ring (bicyclic) bond motifs is 2. The van der Waals surface area contributed by atoms with Gasteiger partial charge in [-0.3, -0.25) is 19.7 Å². The highest BCUT2D eigenvalue weighted by Crippen LogP contribution is 2.36. The Morgan fingerprint density at radius 3 is 2.28 bits per heavy atom. The van der Waals surface area contributed by atoms with E-state index in [0.29, 0.717) is 25.1 Å². The maximum absolute atomic E-state index is 13.2. The predicted octanol–water partition coefficient (Wildman–Crippen LogP) is 8.68. The SMILES string of the molecule is CC/C(=C(\c1ccc(O)cc1)c1ccc(OCCCc2cc3cc(-c4ccc5c(c4)CN(C4CCC(=O)NC4=O)C5=O)ccc3[nH]2)cc1)c1ccccc1. The van der Waals surface area contributed by atoms with Gasteiger partial charge in [-0.15, -0.1) is 0 Å². The first-order valence-electron chi connectivity index (χ1n) is 18.6. The van der Waals surface area contributed by atoms with Crippen LogP contribution >= 0.6 is 0 Å². The van der Waals surface area contributed by atoms with E-state index in [4.69, 9.17) is 4.74 Å². The van der Waals surface area contributed by atoms with Crippen molar-refractivity contribution in [1.82, 2.24) is 15.2 Å². The minimum Gasteiger partial charge on any atom is -0.508 e. The molecule has 8 rings (SSSR count). The van der Waals surface area contributed by atoms with Crippen LogP contribution in [0, 0.1) is 0 Å². The van der Waals surface area contributed by atoms with Gasteiger partial charge in [0.05, 0.1) is 6.61 Å². The lowest BCUT2D eigenvalue weighted by atomic mass is 9.88. The van der Waals surface area contributed by atoms with Gasteiger partial charge >= 0.3 is 0 Å². The van der Waals surface area contributed by atoms with Gasteiger partial charge < -0.3 is 19.7 Å². The van der Waals surface area contributed by atoms with Crippen molar-refractivity contribution in [3.05, 3.63) is 155 Å². The maximum atomic E-state index is 13.2. The predicted molar refractivity (Wildman–Crippen MR) is 211 cm³/mol. The molecule has 1 atom stereocenters. The van der Waals surface area contributed by atoms with E-state index in [1.807, 2.05) is 48.5 Å². The number of benzene rings is 5. The molecule has 54 heavy (non-hydrogen) atoms. The number of amides is 3. The van der Waals surface area contributed by atoms with E-state index in [1.165, 1.54) is 11.1 Å². The number of nitrogens with zero attached hydrogens (tertiary/aromatic N) is 1. The van der Waals surface area contributed by atoms with Crippen LogP contribution in [0.25, 0.3) is 33.2 Å². The summed E-state index contributed by atoms with van der Waals surface area (Å²) in [6, 6.07) is 39.8. The molecule has 6 aromatic rings. The van der Waals surface area contributed by atoms with Crippen molar-refractivity contribution in [3.8, 4) is 22.6 Å². The smallest absolute Gasteiger partial charge is 0.255 e. The fraction of sp³-hybridized carbons (Fsp3) is 0.196. The number of rotatable bonds is 11. The first-order valence-corrected chi connectivity index (χ1v) is 18.6. The number of aromatic hydroxyl groups is 1. The quantitative estimate of drug-likeness (QED) is 0.0706. The molecule has 5 aromatic carbocycles. The molecule has 0 aliphatic carbocycles. The second kappa shape index (κ2) is 14.9. The highest BCUT2D eigenvalue weighted by molar-refractivity contribution is 6.05. The van der Waals surface area contributed by atoms with Gasteiger partial charge in [-0.25, -0.2) is 0 Å². The molecule has 1 saturated heterocycles. The van der Waals surface area contributed by atoms with Gasteiger partial charge in [0.2, 0.25) is 11.8 Å². The number of phenols is 1. The number of H-pyrrole nitrogens is 1. The molecule has 0 saturated carbocycles. The summed E-state index contributed by atoms with van der Waals surface area (Å²) in [6.07, 6.45) is 3.12. The number of aromatic nitrogens is 1. The molecule has 3 heterocycles. The summed E-state index contributed by atoms with van der Waals surface area (Å²) in [5.74, 6) is 0.204. The molecule has 2 aliphatic heterocycles. The number of ether oxygens (including phenoxy) is 1. The average molecular weight is 716 g/mol. The largest absolute Gasteiger partial charge is 0.508 e. The van der Waals surface area contributed by atoms with Crippen LogP contribution in [0.1, 0.15) is 70.9 Å². The van der Waals surface area contributed by atoms with Crippen LogP contribution < -0.4 is 10.1 Å². The number of imide groups is 1. The third kappa shape index (κ3) is 7.03. The average Bonchev–Trinajstić information content (AvgIpc) is 3.76. The zero-order valence-electron chi connectivity index (χ0n) is 30.1. The molecule has 8 heteroatoms. The van der Waals surface area contributed by atoms with Crippen molar-refractivity contribution in [2.75, 3.05) is 6.61 Å². The Labute approximate surface area is 314 Å². The normalized spacial score (nSPS) is 16.0. The fourth-order valence-corrected chi connectivity index (χ4v) is 7.74. The Hall–Kier alpha value is -6.41. The van der Waals surface area contributed by atoms with Crippen LogP contribution in [-0.2, 0) is 22.6 Å². The zero-order valence-corrected chi connectivity index (χ0v) is 30.1. The van der Waals surface area contributed by atoms with E-state index in [0.717, 1.165) is 75.0 Å². The number of nitrogens with one attached hydrogen (secondary N) is 2. The fourth-order valence-electron chi connectivity index (χ4n) is 7.74. The number of aryl methyl sites for hydroxylation is 1. The number of carbonyl (C=O) groups is 3. The van der Waals surface area contributed by atoms with E-state index in [2.05, 4.69) is 77.9 Å². The van der Waals surface area contributed by atoms with Gasteiger partial charge in [0.1, 0.15) is 17.5 Å². The number of hydrogen-bond acceptors (Lipinski definition) is 5. The molecule has 8 nitrogen and oxygen atoms in total. The summed E-state index contributed by atoms with van der Waals surface area (Å²) in [4.78, 5) is 42.4. The molecule has 0 bridgehead atoms. The summed E-state index contributed by atoms with van der Waals surface area (Å²) in [5.41, 5.74) is 11.4. The summed E-state index contributed by atoms with van der Waals surface area (Å²) in [5, 5.41) is 13.4. The molecular weight excluding hydrogens is 675 g/mol. The Morgan fingerprint density at radius 1 is 0.815 bits per heavy atom. The number of phenolic OH excluding ortho intramolecular Hbond substituents is 1. The lowest BCUT2D eigenvalue weighted by molar-refractivity contribution is -0.136. The van der Waals surface area contributed by atoms with Crippen LogP contribution in [0.2, 0.25) is 0 Å². The maximum Gasteiger partial charge on any atom is 0.255 e. The third-order valence-electron chi connectivity index (χ3n) is 10.5. The molecule has 3 amide bonds. The molecule has 0 spiro atoms. The van der Waals surface area contributed by atoms with Gasteiger partial charge in [0, 0.05) is 35.1 Å². The molecule has 1 unspecified atom stereocenters. The first kappa shape index (κ1) is 34.7. The van der Waals surface area contributed by atoms with Crippen molar-refractivity contribution in [3.63, 3.8) is 0 Å². The van der Waals surface area contributed by atoms with E-state index < -0.39 is 11.9 Å². The first-order chi connectivity index (χ1) is 26.3. The van der Waals surface area contributed by atoms with E-state index >= 15 is 0 Å². The van der Waals surface area contributed by atoms with Gasteiger partial charge in [0.15, 0.2) is 0 Å². The third-order valence-corrected chi connectivity index (χ3v) is 10.5. The Morgan fingerprint density at radius 2 is 1.54 bits per heavy atom. The van der Waals surface area contributed by atoms with Gasteiger partial charge in [-0.2, -0.15) is 0 Å². The highest BCUT2D eigenvalue weighted by atomic mass is 16.5. The Balaban J connectivity index is 0.909. The van der Waals surface area contributed by atoms with Gasteiger partial charge in [0.25, 0.3) is 5.91 Å². The van der Waals surface area contributed by atoms with E-state index in [-0.39, 0.29) is 24.0 Å². The molecule has 0 radical (unpaired) electrons. The minimum absolute atomic E-state index is 0.168. The molecule has 2 aliphatic rings. The molecular formula is C46H41N3O5. The lowest BCUT2D eigenvalue weighted by Gasteiger charge is -2.29. The van der Waals surface area contributed by atoms with Crippen molar-refractivity contribution in [1.29, 1.82) is 0 Å². The standard InChI is InChI=1S/C46H41N3O5/c1-2-39(29-7-4-3-5-8-29)44(30-10-16-37(50)17-11-30)31-12-18-38(19-13-31)54-24-6-9-36-27-34-25-33(15-21-41(34)47-36)32-14-20-40-35(26-32)28-49(46(40)53)42-22-23-43(51)48-45(42)52/h3-5,7-8,10-21,25-27,42,47,50H,2,6,9,22-24,28H2,1H3,(H,48,51,52)/b44-39-. The minimum atomic E-state index is -0.626. The number of allylic oxidation sites excluding steroid dienone is 1. The number of piperidine rings is 1. The number of aromatic amines is 1. The number of carbonyl (C=O) groups excluding carboxylic acids is 3. The summed E-state index contributed by atoms with van der Waals surface area (Å²) in [6.45, 7) is 3.10. The zero-order chi connectivity index (χ0) is 37.2. The second-order valence-electron chi connectivity index (χ2n) is 14.0. The van der Waals surface area contributed by atoms with Crippen molar-refractivity contribution in [2.24, 2.45) is 0 Å². The number of hydrogen-bond donors (Lipinski definition) is 3. The summed E-state index contributed by atoms with van der Waals surface area (Å²) in [7, 11) is 0. The molecule has 1 aromatic heterocycles. The second-order valence-corrected chi connectivity index (χ2v) is 14.0. The monoisotopic (exact) mass is 715 g/mol. The van der Waals surface area contributed by atoms with Crippen LogP contribution in [0.5, 0.6) is 11.5 Å².